The average molecular weight is 538 g/mol. The van der Waals surface area contributed by atoms with Gasteiger partial charge in [0.2, 0.25) is 5.82 Å². The van der Waals surface area contributed by atoms with Gasteiger partial charge in [-0.2, -0.15) is 0 Å². The quantitative estimate of drug-likeness (QED) is 0.129. The summed E-state index contributed by atoms with van der Waals surface area (Å²) >= 11 is 0. The van der Waals surface area contributed by atoms with Crippen molar-refractivity contribution in [2.45, 2.75) is 19.5 Å². The van der Waals surface area contributed by atoms with Gasteiger partial charge in [-0.1, -0.05) is 18.2 Å². The van der Waals surface area contributed by atoms with Crippen LogP contribution in [-0.2, 0) is 13.1 Å². The zero-order valence-electron chi connectivity index (χ0n) is 21.5. The summed E-state index contributed by atoms with van der Waals surface area (Å²) < 4.78 is 3.90. The second-order valence-electron chi connectivity index (χ2n) is 9.02. The Morgan fingerprint density at radius 1 is 1.05 bits per heavy atom. The number of rotatable bonds is 11. The molecule has 0 unspecified atom stereocenters. The molecule has 0 bridgehead atoms. The minimum Gasteiger partial charge on any atom is -0.378 e. The summed E-state index contributed by atoms with van der Waals surface area (Å²) in [5.74, 6) is 0.149. The molecule has 1 aromatic carbocycles. The maximum absolute atomic E-state index is 13.3. The minimum absolute atomic E-state index is 0.133. The molecular weight excluding hydrogens is 510 g/mol. The molecule has 0 aliphatic heterocycles. The van der Waals surface area contributed by atoms with Crippen molar-refractivity contribution in [3.63, 3.8) is 0 Å². The molecule has 4 aromatic heterocycles. The lowest BCUT2D eigenvalue weighted by molar-refractivity contribution is -0.384. The summed E-state index contributed by atoms with van der Waals surface area (Å²) in [7, 11) is 0. The second-order valence-corrected chi connectivity index (χ2v) is 9.02. The largest absolute Gasteiger partial charge is 0.378 e. The monoisotopic (exact) mass is 537 g/mol. The number of nitrogens with zero attached hydrogens (tertiary/aromatic N) is 6. The third-order valence-corrected chi connectivity index (χ3v) is 6.28. The van der Waals surface area contributed by atoms with E-state index in [9.17, 15) is 14.9 Å². The predicted molar refractivity (Wildman–Crippen MR) is 151 cm³/mol. The first-order chi connectivity index (χ1) is 19.5. The molecule has 0 aliphatic rings. The number of amides is 1. The van der Waals surface area contributed by atoms with Crippen molar-refractivity contribution in [2.75, 3.05) is 17.6 Å². The van der Waals surface area contributed by atoms with Gasteiger partial charge in [0.25, 0.3) is 5.91 Å². The lowest BCUT2D eigenvalue weighted by Crippen LogP contribution is -2.23. The lowest BCUT2D eigenvalue weighted by Gasteiger charge is -2.08. The summed E-state index contributed by atoms with van der Waals surface area (Å²) in [6.45, 7) is 1.55. The number of nitrogens with two attached hydrogens (primary N) is 1. The van der Waals surface area contributed by atoms with E-state index in [2.05, 4.69) is 25.6 Å². The molecule has 0 fully saturated rings. The van der Waals surface area contributed by atoms with Crippen molar-refractivity contribution >= 4 is 23.2 Å². The number of aryl methyl sites for hydroxylation is 1. The summed E-state index contributed by atoms with van der Waals surface area (Å²) in [6.07, 6.45) is 13.3. The summed E-state index contributed by atoms with van der Waals surface area (Å²) in [4.78, 5) is 35.9. The molecule has 0 aliphatic carbocycles. The van der Waals surface area contributed by atoms with Crippen LogP contribution in [0.25, 0.3) is 16.8 Å². The molecule has 202 valence electrons. The maximum Gasteiger partial charge on any atom is 0.311 e. The van der Waals surface area contributed by atoms with E-state index < -0.39 is 4.92 Å². The van der Waals surface area contributed by atoms with Crippen LogP contribution in [0.5, 0.6) is 0 Å². The number of carbonyl (C=O) groups is 1. The highest BCUT2D eigenvalue weighted by molar-refractivity contribution is 6.00. The van der Waals surface area contributed by atoms with Crippen LogP contribution in [-0.4, -0.2) is 41.5 Å². The molecule has 0 spiro atoms. The average Bonchev–Trinajstić information content (AvgIpc) is 3.66. The Balaban J connectivity index is 1.29. The van der Waals surface area contributed by atoms with Crippen molar-refractivity contribution in [2.24, 2.45) is 0 Å². The number of aromatic nitrogens is 5. The fraction of sp³-hybridized carbons (Fsp3) is 0.143. The van der Waals surface area contributed by atoms with E-state index in [1.54, 1.807) is 24.9 Å². The van der Waals surface area contributed by atoms with Crippen molar-refractivity contribution in [3.8, 4) is 16.8 Å². The molecule has 0 saturated heterocycles. The Labute approximate surface area is 229 Å². The van der Waals surface area contributed by atoms with E-state index >= 15 is 0 Å². The maximum atomic E-state index is 13.3. The number of nitrogen functional groups attached to an aromatic ring is 1. The van der Waals surface area contributed by atoms with Crippen molar-refractivity contribution in [3.05, 3.63) is 113 Å². The van der Waals surface area contributed by atoms with E-state index in [0.29, 0.717) is 37.4 Å². The predicted octanol–water partition coefficient (Wildman–Crippen LogP) is 4.05. The van der Waals surface area contributed by atoms with Gasteiger partial charge in [0.15, 0.2) is 0 Å². The fourth-order valence-electron chi connectivity index (χ4n) is 4.25. The van der Waals surface area contributed by atoms with E-state index in [4.69, 9.17) is 5.73 Å². The van der Waals surface area contributed by atoms with Gasteiger partial charge in [0.05, 0.1) is 16.8 Å². The van der Waals surface area contributed by atoms with Crippen LogP contribution in [0.4, 0.5) is 17.3 Å². The molecule has 5 aromatic rings. The molecule has 4 N–H and O–H groups in total. The van der Waals surface area contributed by atoms with E-state index in [1.807, 2.05) is 64.1 Å². The Hall–Kier alpha value is -5.52. The highest BCUT2D eigenvalue weighted by Gasteiger charge is 2.17. The molecule has 12 heteroatoms. The SMILES string of the molecule is Nc1nc(NCCCn2cc(C(=O)NCc3cccnc3)c(-c3ccc(-n4ccnc4)cc3)c2)ccc1[N+](=O)[O-]. The van der Waals surface area contributed by atoms with Crippen LogP contribution in [0.15, 0.2) is 92.0 Å². The first kappa shape index (κ1) is 26.1. The number of hydrogen-bond donors (Lipinski definition) is 3. The minimum atomic E-state index is -0.564. The van der Waals surface area contributed by atoms with Crippen LogP contribution in [0, 0.1) is 10.1 Å². The zero-order valence-corrected chi connectivity index (χ0v) is 21.5. The number of imidazole rings is 1. The smallest absolute Gasteiger partial charge is 0.311 e. The van der Waals surface area contributed by atoms with Crippen LogP contribution in [0.3, 0.4) is 0 Å². The first-order valence-corrected chi connectivity index (χ1v) is 12.6. The summed E-state index contributed by atoms with van der Waals surface area (Å²) in [6, 6.07) is 14.5. The van der Waals surface area contributed by atoms with Crippen LogP contribution in [0.1, 0.15) is 22.3 Å². The van der Waals surface area contributed by atoms with E-state index in [-0.39, 0.29) is 17.4 Å². The fourth-order valence-corrected chi connectivity index (χ4v) is 4.25. The van der Waals surface area contributed by atoms with E-state index in [1.165, 1.54) is 12.1 Å². The van der Waals surface area contributed by atoms with Crippen molar-refractivity contribution in [1.29, 1.82) is 0 Å². The van der Waals surface area contributed by atoms with Gasteiger partial charge < -0.3 is 25.5 Å². The Morgan fingerprint density at radius 2 is 1.90 bits per heavy atom. The molecule has 0 atom stereocenters. The number of anilines is 2. The third-order valence-electron chi connectivity index (χ3n) is 6.28. The number of hydrogen-bond acceptors (Lipinski definition) is 8. The van der Waals surface area contributed by atoms with Crippen LogP contribution < -0.4 is 16.4 Å². The standard InChI is InChI=1S/C28H27N9O3/c29-27-25(37(39)40)8-9-26(34-27)32-11-2-13-35-17-23(21-4-6-22(7-5-21)36-14-12-31-19-36)24(18-35)28(38)33-16-20-3-1-10-30-15-20/h1,3-10,12,14-15,17-19H,2,11,13,16H2,(H,33,38)(H3,29,32,34). The number of carbonyl (C=O) groups excluding carboxylic acids is 1. The van der Waals surface area contributed by atoms with Crippen LogP contribution >= 0.6 is 0 Å². The molecule has 5 rings (SSSR count). The highest BCUT2D eigenvalue weighted by Crippen LogP contribution is 2.27. The molecule has 12 nitrogen and oxygen atoms in total. The summed E-state index contributed by atoms with van der Waals surface area (Å²) in [5.41, 5.74) is 9.63. The van der Waals surface area contributed by atoms with Gasteiger partial charge in [-0.05, 0) is 41.8 Å². The van der Waals surface area contributed by atoms with Gasteiger partial charge in [0, 0.05) is 74.1 Å². The van der Waals surface area contributed by atoms with Gasteiger partial charge in [-0.3, -0.25) is 19.9 Å². The molecular formula is C28H27N9O3. The summed E-state index contributed by atoms with van der Waals surface area (Å²) in [5, 5.41) is 17.1. The molecule has 0 saturated carbocycles. The number of pyridine rings is 2. The zero-order chi connectivity index (χ0) is 27.9. The first-order valence-electron chi connectivity index (χ1n) is 12.6. The number of nitro groups is 1. The Kier molecular flexibility index (Phi) is 7.77. The Morgan fingerprint density at radius 3 is 2.60 bits per heavy atom. The molecule has 40 heavy (non-hydrogen) atoms. The van der Waals surface area contributed by atoms with Gasteiger partial charge in [-0.15, -0.1) is 0 Å². The van der Waals surface area contributed by atoms with Crippen molar-refractivity contribution in [1.82, 2.24) is 29.4 Å². The lowest BCUT2D eigenvalue weighted by atomic mass is 10.0. The number of benzene rings is 1. The molecule has 4 heterocycles. The van der Waals surface area contributed by atoms with Gasteiger partial charge in [0.1, 0.15) is 5.82 Å². The molecule has 1 amide bonds. The van der Waals surface area contributed by atoms with Crippen LogP contribution in [0.2, 0.25) is 0 Å². The highest BCUT2D eigenvalue weighted by atomic mass is 16.6. The second kappa shape index (κ2) is 11.9. The molecule has 0 radical (unpaired) electrons. The van der Waals surface area contributed by atoms with E-state index in [0.717, 1.165) is 22.4 Å². The van der Waals surface area contributed by atoms with Gasteiger partial charge in [-0.25, -0.2) is 9.97 Å². The third kappa shape index (κ3) is 6.13. The van der Waals surface area contributed by atoms with Crippen molar-refractivity contribution < 1.29 is 9.72 Å². The number of nitrogens with one attached hydrogen (secondary N) is 2. The van der Waals surface area contributed by atoms with Gasteiger partial charge >= 0.3 is 5.69 Å². The Bertz CT molecular complexity index is 1600. The normalized spacial score (nSPS) is 10.8. The topological polar surface area (TPSA) is 159 Å².